The molecule has 1 aromatic carbocycles. The van der Waals surface area contributed by atoms with E-state index in [0.717, 1.165) is 31.5 Å². The molecule has 2 amide bonds. The smallest absolute Gasteiger partial charge is 0.335 e. The highest BCUT2D eigenvalue weighted by Gasteiger charge is 2.18. The number of urea groups is 1. The van der Waals surface area contributed by atoms with E-state index in [1.807, 2.05) is 0 Å². The number of carboxylic acids is 1. The van der Waals surface area contributed by atoms with Crippen LogP contribution in [0, 0.1) is 6.92 Å². The second-order valence-electron chi connectivity index (χ2n) is 5.51. The lowest BCUT2D eigenvalue weighted by atomic mass is 10.1. The number of carbonyl (C=O) groups excluding carboxylic acids is 1. The first-order valence-corrected chi connectivity index (χ1v) is 7.05. The van der Waals surface area contributed by atoms with E-state index in [-0.39, 0.29) is 17.6 Å². The number of rotatable bonds is 3. The van der Waals surface area contributed by atoms with Crippen molar-refractivity contribution in [1.29, 1.82) is 0 Å². The van der Waals surface area contributed by atoms with E-state index in [0.29, 0.717) is 5.69 Å². The van der Waals surface area contributed by atoms with Crippen molar-refractivity contribution in [1.82, 2.24) is 10.2 Å². The van der Waals surface area contributed by atoms with Gasteiger partial charge in [-0.25, -0.2) is 9.59 Å². The minimum atomic E-state index is -0.972. The first-order chi connectivity index (χ1) is 9.95. The Hall–Kier alpha value is -2.08. The maximum atomic E-state index is 12.0. The van der Waals surface area contributed by atoms with Gasteiger partial charge in [0.05, 0.1) is 5.56 Å². The minimum Gasteiger partial charge on any atom is -0.478 e. The number of aromatic carboxylic acids is 1. The highest BCUT2D eigenvalue weighted by Crippen LogP contribution is 2.17. The van der Waals surface area contributed by atoms with Crippen molar-refractivity contribution < 1.29 is 14.7 Å². The number of carboxylic acid groups (broad SMARTS) is 1. The second kappa shape index (κ2) is 6.58. The van der Waals surface area contributed by atoms with Crippen LogP contribution in [0.25, 0.3) is 0 Å². The summed E-state index contributed by atoms with van der Waals surface area (Å²) in [6.07, 6.45) is 1.89. The average molecular weight is 291 g/mol. The van der Waals surface area contributed by atoms with Crippen LogP contribution < -0.4 is 10.6 Å². The number of anilines is 1. The maximum absolute atomic E-state index is 12.0. The zero-order valence-corrected chi connectivity index (χ0v) is 12.3. The zero-order chi connectivity index (χ0) is 15.4. The number of amides is 2. The largest absolute Gasteiger partial charge is 0.478 e. The number of likely N-dealkylation sites (tertiary alicyclic amines) is 1. The van der Waals surface area contributed by atoms with E-state index in [9.17, 15) is 9.59 Å². The summed E-state index contributed by atoms with van der Waals surface area (Å²) in [5, 5.41) is 14.7. The van der Waals surface area contributed by atoms with Gasteiger partial charge in [-0.05, 0) is 63.7 Å². The van der Waals surface area contributed by atoms with Crippen LogP contribution in [0.3, 0.4) is 0 Å². The zero-order valence-electron chi connectivity index (χ0n) is 12.3. The van der Waals surface area contributed by atoms with E-state index in [2.05, 4.69) is 22.6 Å². The van der Waals surface area contributed by atoms with Crippen molar-refractivity contribution in [3.63, 3.8) is 0 Å². The normalized spacial score (nSPS) is 16.5. The van der Waals surface area contributed by atoms with Gasteiger partial charge in [0.1, 0.15) is 0 Å². The van der Waals surface area contributed by atoms with Crippen LogP contribution in [0.1, 0.15) is 28.8 Å². The Morgan fingerprint density at radius 1 is 1.29 bits per heavy atom. The number of aryl methyl sites for hydroxylation is 1. The third kappa shape index (κ3) is 4.19. The fourth-order valence-corrected chi connectivity index (χ4v) is 2.43. The van der Waals surface area contributed by atoms with Crippen LogP contribution in [0.2, 0.25) is 0 Å². The van der Waals surface area contributed by atoms with Gasteiger partial charge >= 0.3 is 12.0 Å². The van der Waals surface area contributed by atoms with E-state index in [4.69, 9.17) is 5.11 Å². The van der Waals surface area contributed by atoms with Gasteiger partial charge in [-0.15, -0.1) is 0 Å². The topological polar surface area (TPSA) is 81.7 Å². The lowest BCUT2D eigenvalue weighted by molar-refractivity contribution is 0.0697. The van der Waals surface area contributed by atoms with E-state index >= 15 is 0 Å². The molecular formula is C15H21N3O3. The summed E-state index contributed by atoms with van der Waals surface area (Å²) in [7, 11) is 2.07. The maximum Gasteiger partial charge on any atom is 0.335 e. The van der Waals surface area contributed by atoms with Crippen molar-refractivity contribution in [2.45, 2.75) is 25.8 Å². The molecule has 1 aliphatic rings. The van der Waals surface area contributed by atoms with Gasteiger partial charge in [-0.2, -0.15) is 0 Å². The lowest BCUT2D eigenvalue weighted by Gasteiger charge is -2.29. The van der Waals surface area contributed by atoms with Crippen molar-refractivity contribution in [2.75, 3.05) is 25.5 Å². The number of hydrogen-bond donors (Lipinski definition) is 3. The Balaban J connectivity index is 1.92. The van der Waals surface area contributed by atoms with Gasteiger partial charge in [0, 0.05) is 11.7 Å². The van der Waals surface area contributed by atoms with Gasteiger partial charge in [0.2, 0.25) is 0 Å². The Morgan fingerprint density at radius 2 is 1.95 bits per heavy atom. The van der Waals surface area contributed by atoms with E-state index in [1.54, 1.807) is 19.1 Å². The predicted molar refractivity (Wildman–Crippen MR) is 80.8 cm³/mol. The second-order valence-corrected chi connectivity index (χ2v) is 5.51. The van der Waals surface area contributed by atoms with Crippen molar-refractivity contribution in [2.24, 2.45) is 0 Å². The highest BCUT2D eigenvalue weighted by atomic mass is 16.4. The van der Waals surface area contributed by atoms with Crippen molar-refractivity contribution >= 4 is 17.7 Å². The molecule has 0 saturated carbocycles. The van der Waals surface area contributed by atoms with Crippen molar-refractivity contribution in [3.8, 4) is 0 Å². The molecule has 114 valence electrons. The summed E-state index contributed by atoms with van der Waals surface area (Å²) in [5.41, 5.74) is 1.58. The molecule has 0 spiro atoms. The molecule has 1 fully saturated rings. The van der Waals surface area contributed by atoms with E-state index in [1.165, 1.54) is 6.07 Å². The van der Waals surface area contributed by atoms with Gasteiger partial charge in [0.15, 0.2) is 0 Å². The Morgan fingerprint density at radius 3 is 2.52 bits per heavy atom. The predicted octanol–water partition coefficient (Wildman–Crippen LogP) is 1.91. The van der Waals surface area contributed by atoms with Crippen LogP contribution in [0.4, 0.5) is 10.5 Å². The van der Waals surface area contributed by atoms with Crippen LogP contribution in [0.15, 0.2) is 18.2 Å². The number of nitrogens with one attached hydrogen (secondary N) is 2. The molecule has 1 heterocycles. The molecular weight excluding hydrogens is 270 g/mol. The molecule has 3 N–H and O–H groups in total. The molecule has 1 saturated heterocycles. The molecule has 1 aromatic rings. The summed E-state index contributed by atoms with van der Waals surface area (Å²) in [6.45, 7) is 3.74. The van der Waals surface area contributed by atoms with Crippen LogP contribution in [-0.2, 0) is 0 Å². The number of hydrogen-bond acceptors (Lipinski definition) is 3. The molecule has 1 aliphatic heterocycles. The SMILES string of the molecule is Cc1cc(C(=O)O)ccc1NC(=O)NC1CCN(C)CC1. The molecule has 0 unspecified atom stereocenters. The van der Waals surface area contributed by atoms with Gasteiger partial charge in [-0.1, -0.05) is 0 Å². The Kier molecular flexibility index (Phi) is 4.80. The molecule has 0 bridgehead atoms. The van der Waals surface area contributed by atoms with Gasteiger partial charge < -0.3 is 20.6 Å². The number of piperidine rings is 1. The molecule has 0 aromatic heterocycles. The lowest BCUT2D eigenvalue weighted by Crippen LogP contribution is -2.44. The Bertz CT molecular complexity index is 537. The molecule has 2 rings (SSSR count). The average Bonchev–Trinajstić information content (AvgIpc) is 2.43. The minimum absolute atomic E-state index is 0.194. The molecule has 0 aliphatic carbocycles. The fourth-order valence-electron chi connectivity index (χ4n) is 2.43. The number of nitrogens with zero attached hydrogens (tertiary/aromatic N) is 1. The van der Waals surface area contributed by atoms with Gasteiger partial charge in [0.25, 0.3) is 0 Å². The quantitative estimate of drug-likeness (QED) is 0.794. The van der Waals surface area contributed by atoms with E-state index < -0.39 is 5.97 Å². The first-order valence-electron chi connectivity index (χ1n) is 7.05. The fraction of sp³-hybridized carbons (Fsp3) is 0.467. The third-order valence-corrected chi connectivity index (χ3v) is 3.78. The summed E-state index contributed by atoms with van der Waals surface area (Å²) >= 11 is 0. The molecule has 21 heavy (non-hydrogen) atoms. The molecule has 0 atom stereocenters. The highest BCUT2D eigenvalue weighted by molar-refractivity contribution is 5.92. The van der Waals surface area contributed by atoms with Crippen LogP contribution >= 0.6 is 0 Å². The van der Waals surface area contributed by atoms with Crippen LogP contribution in [-0.4, -0.2) is 48.2 Å². The summed E-state index contributed by atoms with van der Waals surface area (Å²) in [6, 6.07) is 4.61. The summed E-state index contributed by atoms with van der Waals surface area (Å²) in [4.78, 5) is 25.1. The molecule has 6 nitrogen and oxygen atoms in total. The van der Waals surface area contributed by atoms with Gasteiger partial charge in [-0.3, -0.25) is 0 Å². The summed E-state index contributed by atoms with van der Waals surface area (Å²) < 4.78 is 0. The monoisotopic (exact) mass is 291 g/mol. The van der Waals surface area contributed by atoms with Crippen molar-refractivity contribution in [3.05, 3.63) is 29.3 Å². The molecule has 6 heteroatoms. The molecule has 0 radical (unpaired) electrons. The third-order valence-electron chi connectivity index (χ3n) is 3.78. The number of carbonyl (C=O) groups is 2. The van der Waals surface area contributed by atoms with Crippen LogP contribution in [0.5, 0.6) is 0 Å². The standard InChI is InChI=1S/C15H21N3O3/c1-10-9-11(14(19)20)3-4-13(10)17-15(21)16-12-5-7-18(2)8-6-12/h3-4,9,12H,5-8H2,1-2H3,(H,19,20)(H2,16,17,21). The first kappa shape index (κ1) is 15.3. The Labute approximate surface area is 124 Å². The number of benzene rings is 1. The summed E-state index contributed by atoms with van der Waals surface area (Å²) in [5.74, 6) is -0.972.